The molecule has 0 unspecified atom stereocenters. The molecule has 0 aliphatic heterocycles. The van der Waals surface area contributed by atoms with Crippen LogP contribution in [0.4, 0.5) is 0 Å². The topological polar surface area (TPSA) is 84.0 Å². The Morgan fingerprint density at radius 2 is 1.07 bits per heavy atom. The number of hydrogen-bond donors (Lipinski definition) is 0. The average molecular weight is 421 g/mol. The van der Waals surface area contributed by atoms with Crippen molar-refractivity contribution in [1.29, 1.82) is 0 Å². The third-order valence-electron chi connectivity index (χ3n) is 3.66. The van der Waals surface area contributed by atoms with Crippen LogP contribution in [-0.4, -0.2) is 43.7 Å². The van der Waals surface area contributed by atoms with Gasteiger partial charge in [-0.15, -0.1) is 0 Å². The van der Waals surface area contributed by atoms with Crippen LogP contribution in [0.3, 0.4) is 0 Å². The summed E-state index contributed by atoms with van der Waals surface area (Å²) >= 11 is 0. The minimum Gasteiger partial charge on any atom is -0.309 e. The summed E-state index contributed by atoms with van der Waals surface area (Å²) in [5, 5.41) is 0. The van der Waals surface area contributed by atoms with Crippen molar-refractivity contribution >= 4 is 15.2 Å². The number of aryl methyl sites for hydroxylation is 3. The van der Waals surface area contributed by atoms with E-state index < -0.39 is 15.2 Å². The molecule has 1 rings (SSSR count). The SMILES string of the molecule is CCOP(=O)(CCc1cc(C)cc(CCP(=O)(OCC)OCC)n1)OCC. The minimum atomic E-state index is -3.10. The van der Waals surface area contributed by atoms with Crippen molar-refractivity contribution in [1.82, 2.24) is 4.98 Å². The van der Waals surface area contributed by atoms with E-state index in [1.165, 1.54) is 0 Å². The van der Waals surface area contributed by atoms with Crippen molar-refractivity contribution < 1.29 is 27.2 Å². The fourth-order valence-electron chi connectivity index (χ4n) is 2.69. The minimum absolute atomic E-state index is 0.279. The van der Waals surface area contributed by atoms with Gasteiger partial charge in [0.15, 0.2) is 0 Å². The Balaban J connectivity index is 2.81. The summed E-state index contributed by atoms with van der Waals surface area (Å²) in [7, 11) is -6.20. The Labute approximate surface area is 163 Å². The summed E-state index contributed by atoms with van der Waals surface area (Å²) in [5.41, 5.74) is 2.67. The molecule has 9 heteroatoms. The van der Waals surface area contributed by atoms with Crippen LogP contribution in [0.1, 0.15) is 44.6 Å². The van der Waals surface area contributed by atoms with E-state index in [2.05, 4.69) is 4.98 Å². The second-order valence-corrected chi connectivity index (χ2v) is 10.3. The molecule has 0 spiro atoms. The zero-order valence-corrected chi connectivity index (χ0v) is 18.9. The smallest absolute Gasteiger partial charge is 0.309 e. The maximum atomic E-state index is 12.6. The Hall–Kier alpha value is -0.550. The molecule has 0 aromatic carbocycles. The van der Waals surface area contributed by atoms with Crippen molar-refractivity contribution in [3.05, 3.63) is 29.1 Å². The zero-order chi connectivity index (χ0) is 20.3. The molecule has 0 atom stereocenters. The quantitative estimate of drug-likeness (QED) is 0.391. The van der Waals surface area contributed by atoms with Crippen LogP contribution in [-0.2, 0) is 40.1 Å². The van der Waals surface area contributed by atoms with Gasteiger partial charge in [-0.3, -0.25) is 14.1 Å². The fourth-order valence-corrected chi connectivity index (χ4v) is 5.94. The summed E-state index contributed by atoms with van der Waals surface area (Å²) in [6, 6.07) is 3.91. The van der Waals surface area contributed by atoms with Crippen LogP contribution < -0.4 is 0 Å². The molecule has 0 amide bonds. The van der Waals surface area contributed by atoms with Crippen LogP contribution in [0.25, 0.3) is 0 Å². The summed E-state index contributed by atoms with van der Waals surface area (Å²) in [6.45, 7) is 10.5. The van der Waals surface area contributed by atoms with Crippen LogP contribution >= 0.6 is 15.2 Å². The summed E-state index contributed by atoms with van der Waals surface area (Å²) < 4.78 is 46.6. The largest absolute Gasteiger partial charge is 0.331 e. The van der Waals surface area contributed by atoms with Gasteiger partial charge in [0, 0.05) is 24.2 Å². The van der Waals surface area contributed by atoms with Gasteiger partial charge < -0.3 is 18.1 Å². The van der Waals surface area contributed by atoms with E-state index in [0.717, 1.165) is 17.0 Å². The van der Waals surface area contributed by atoms with Crippen LogP contribution in [0, 0.1) is 6.92 Å². The van der Waals surface area contributed by atoms with E-state index in [1.54, 1.807) is 27.7 Å². The predicted molar refractivity (Wildman–Crippen MR) is 108 cm³/mol. The molecule has 0 N–H and O–H groups in total. The number of pyridine rings is 1. The maximum Gasteiger partial charge on any atom is 0.331 e. The number of aromatic nitrogens is 1. The van der Waals surface area contributed by atoms with E-state index in [-0.39, 0.29) is 12.3 Å². The highest BCUT2D eigenvalue weighted by molar-refractivity contribution is 7.54. The van der Waals surface area contributed by atoms with Crippen molar-refractivity contribution in [2.24, 2.45) is 0 Å². The van der Waals surface area contributed by atoms with E-state index in [9.17, 15) is 9.13 Å². The molecule has 1 aromatic rings. The summed E-state index contributed by atoms with van der Waals surface area (Å²) in [6.07, 6.45) is 1.53. The van der Waals surface area contributed by atoms with Gasteiger partial charge >= 0.3 is 15.2 Å². The average Bonchev–Trinajstić information content (AvgIpc) is 2.59. The highest BCUT2D eigenvalue weighted by Crippen LogP contribution is 2.49. The van der Waals surface area contributed by atoms with Crippen LogP contribution in [0.5, 0.6) is 0 Å². The fraction of sp³-hybridized carbons (Fsp3) is 0.722. The molecule has 156 valence electrons. The Bertz CT molecular complexity index is 595. The lowest BCUT2D eigenvalue weighted by atomic mass is 10.1. The first-order chi connectivity index (χ1) is 12.8. The lowest BCUT2D eigenvalue weighted by Crippen LogP contribution is -2.07. The van der Waals surface area contributed by atoms with Crippen LogP contribution in [0.2, 0.25) is 0 Å². The van der Waals surface area contributed by atoms with Gasteiger partial charge in [-0.05, 0) is 52.3 Å². The summed E-state index contributed by atoms with van der Waals surface area (Å²) in [5.74, 6) is 0. The van der Waals surface area contributed by atoms with Crippen molar-refractivity contribution in [2.75, 3.05) is 38.8 Å². The molecule has 0 fully saturated rings. The first-order valence-electron chi connectivity index (χ1n) is 9.52. The highest BCUT2D eigenvalue weighted by atomic mass is 31.2. The normalized spacial score (nSPS) is 12.5. The molecule has 0 saturated carbocycles. The second-order valence-electron chi connectivity index (χ2n) is 5.97. The van der Waals surface area contributed by atoms with Gasteiger partial charge in [0.25, 0.3) is 0 Å². The Morgan fingerprint density at radius 1 is 0.741 bits per heavy atom. The third-order valence-corrected chi connectivity index (χ3v) is 7.81. The molecule has 27 heavy (non-hydrogen) atoms. The third kappa shape index (κ3) is 8.99. The van der Waals surface area contributed by atoms with Gasteiger partial charge in [0.05, 0.1) is 38.8 Å². The molecule has 0 radical (unpaired) electrons. The first-order valence-corrected chi connectivity index (χ1v) is 13.0. The monoisotopic (exact) mass is 421 g/mol. The van der Waals surface area contributed by atoms with Crippen molar-refractivity contribution in [3.63, 3.8) is 0 Å². The lowest BCUT2D eigenvalue weighted by Gasteiger charge is -2.18. The van der Waals surface area contributed by atoms with E-state index in [1.807, 2.05) is 19.1 Å². The van der Waals surface area contributed by atoms with Gasteiger partial charge in [-0.2, -0.15) is 0 Å². The Kier molecular flexibility index (Phi) is 11.0. The predicted octanol–water partition coefficient (Wildman–Crippen LogP) is 5.01. The molecule has 0 bridgehead atoms. The van der Waals surface area contributed by atoms with Crippen LogP contribution in [0.15, 0.2) is 12.1 Å². The van der Waals surface area contributed by atoms with Gasteiger partial charge in [-0.25, -0.2) is 0 Å². The first kappa shape index (κ1) is 24.5. The van der Waals surface area contributed by atoms with E-state index in [0.29, 0.717) is 39.3 Å². The standard InChI is InChI=1S/C18H33NO6P2/c1-6-22-26(20,23-7-2)12-10-17-14-16(5)15-18(19-17)11-13-27(21,24-8-3)25-9-4/h14-15H,6-13H2,1-5H3. The molecule has 1 heterocycles. The molecule has 0 aliphatic carbocycles. The molecular formula is C18H33NO6P2. The highest BCUT2D eigenvalue weighted by Gasteiger charge is 2.25. The molecule has 1 aromatic heterocycles. The molecule has 0 aliphatic rings. The second kappa shape index (κ2) is 12.1. The maximum absolute atomic E-state index is 12.6. The lowest BCUT2D eigenvalue weighted by molar-refractivity contribution is 0.219. The number of nitrogens with zero attached hydrogens (tertiary/aromatic N) is 1. The van der Waals surface area contributed by atoms with E-state index in [4.69, 9.17) is 18.1 Å². The zero-order valence-electron chi connectivity index (χ0n) is 17.1. The number of rotatable bonds is 14. The molecule has 7 nitrogen and oxygen atoms in total. The Morgan fingerprint density at radius 3 is 1.37 bits per heavy atom. The van der Waals surface area contributed by atoms with E-state index >= 15 is 0 Å². The summed E-state index contributed by atoms with van der Waals surface area (Å²) in [4.78, 5) is 4.62. The van der Waals surface area contributed by atoms with Crippen molar-refractivity contribution in [2.45, 2.75) is 47.5 Å². The molecule has 0 saturated heterocycles. The van der Waals surface area contributed by atoms with Crippen molar-refractivity contribution in [3.8, 4) is 0 Å². The van der Waals surface area contributed by atoms with Gasteiger partial charge in [0.1, 0.15) is 0 Å². The van der Waals surface area contributed by atoms with Gasteiger partial charge in [0.2, 0.25) is 0 Å². The number of hydrogen-bond acceptors (Lipinski definition) is 7. The molecular weight excluding hydrogens is 388 g/mol. The van der Waals surface area contributed by atoms with Gasteiger partial charge in [-0.1, -0.05) is 0 Å².